The summed E-state index contributed by atoms with van der Waals surface area (Å²) in [5, 5.41) is 10.4. The van der Waals surface area contributed by atoms with Crippen LogP contribution in [0.1, 0.15) is 42.4 Å². The van der Waals surface area contributed by atoms with Gasteiger partial charge in [-0.2, -0.15) is 0 Å². The molecule has 0 unspecified atom stereocenters. The molecule has 2 aliphatic heterocycles. The van der Waals surface area contributed by atoms with Crippen LogP contribution in [0.5, 0.6) is 11.5 Å². The summed E-state index contributed by atoms with van der Waals surface area (Å²) in [7, 11) is 0. The molecule has 4 heteroatoms. The van der Waals surface area contributed by atoms with Gasteiger partial charge in [-0.25, -0.2) is 0 Å². The van der Waals surface area contributed by atoms with Crippen LogP contribution in [0.2, 0.25) is 0 Å². The fourth-order valence-corrected chi connectivity index (χ4v) is 6.41. The van der Waals surface area contributed by atoms with E-state index in [0.29, 0.717) is 17.7 Å². The first-order chi connectivity index (χ1) is 12.3. The van der Waals surface area contributed by atoms with Crippen LogP contribution in [0, 0.1) is 5.92 Å². The lowest BCUT2D eigenvalue weighted by atomic mass is 9.52. The van der Waals surface area contributed by atoms with Gasteiger partial charge in [0.15, 0.2) is 11.5 Å². The Hall–Kier alpha value is -1.94. The topological polar surface area (TPSA) is 45.8 Å². The van der Waals surface area contributed by atoms with Crippen LogP contribution in [-0.4, -0.2) is 28.7 Å². The van der Waals surface area contributed by atoms with Crippen molar-refractivity contribution in [2.75, 3.05) is 6.54 Å². The number of benzene rings is 1. The Bertz CT molecular complexity index is 830. The van der Waals surface area contributed by atoms with Crippen LogP contribution in [-0.2, 0) is 18.4 Å². The molecule has 2 fully saturated rings. The fraction of sp³-hybridized carbons (Fsp3) is 0.524. The van der Waals surface area contributed by atoms with Crippen LogP contribution in [0.4, 0.5) is 0 Å². The fourth-order valence-electron chi connectivity index (χ4n) is 6.41. The highest BCUT2D eigenvalue weighted by atomic mass is 16.5. The second-order valence-electron chi connectivity index (χ2n) is 8.26. The minimum absolute atomic E-state index is 0.136. The SMILES string of the molecule is Oc1ccc2c3c1O[C@H]1CCC[C@H]4[C@@H](C2)N(Cc2ccoc2)CC[C@]314. The minimum atomic E-state index is 0.136. The van der Waals surface area contributed by atoms with Crippen molar-refractivity contribution in [1.29, 1.82) is 0 Å². The van der Waals surface area contributed by atoms with Crippen molar-refractivity contribution in [3.8, 4) is 11.5 Å². The Balaban J connectivity index is 1.48. The number of piperidine rings is 1. The van der Waals surface area contributed by atoms with Gasteiger partial charge in [-0.1, -0.05) is 6.07 Å². The van der Waals surface area contributed by atoms with E-state index >= 15 is 0 Å². The third kappa shape index (κ3) is 1.71. The zero-order valence-electron chi connectivity index (χ0n) is 14.3. The summed E-state index contributed by atoms with van der Waals surface area (Å²) in [5.41, 5.74) is 4.16. The average molecular weight is 337 g/mol. The van der Waals surface area contributed by atoms with Crippen molar-refractivity contribution in [3.05, 3.63) is 47.4 Å². The molecule has 1 aromatic carbocycles. The van der Waals surface area contributed by atoms with E-state index < -0.39 is 0 Å². The van der Waals surface area contributed by atoms with Gasteiger partial charge >= 0.3 is 0 Å². The molecule has 0 radical (unpaired) electrons. The monoisotopic (exact) mass is 337 g/mol. The average Bonchev–Trinajstić information content (AvgIpc) is 3.24. The highest BCUT2D eigenvalue weighted by Crippen LogP contribution is 2.63. The number of phenols is 1. The largest absolute Gasteiger partial charge is 0.504 e. The molecule has 0 amide bonds. The lowest BCUT2D eigenvalue weighted by Gasteiger charge is -2.58. The molecule has 1 N–H and O–H groups in total. The van der Waals surface area contributed by atoms with Crippen LogP contribution >= 0.6 is 0 Å². The quantitative estimate of drug-likeness (QED) is 0.909. The van der Waals surface area contributed by atoms with E-state index in [4.69, 9.17) is 9.15 Å². The van der Waals surface area contributed by atoms with Crippen molar-refractivity contribution in [2.24, 2.45) is 5.92 Å². The molecule has 2 aromatic rings. The number of aromatic hydroxyl groups is 1. The normalized spacial score (nSPS) is 35.3. The van der Waals surface area contributed by atoms with Crippen molar-refractivity contribution in [3.63, 3.8) is 0 Å². The van der Waals surface area contributed by atoms with Gasteiger partial charge in [-0.05, 0) is 62.3 Å². The predicted molar refractivity (Wildman–Crippen MR) is 92.8 cm³/mol. The van der Waals surface area contributed by atoms with E-state index in [1.807, 2.05) is 12.3 Å². The number of nitrogens with zero attached hydrogens (tertiary/aromatic N) is 1. The molecule has 130 valence electrons. The number of rotatable bonds is 2. The van der Waals surface area contributed by atoms with Gasteiger partial charge < -0.3 is 14.3 Å². The zero-order valence-corrected chi connectivity index (χ0v) is 14.3. The van der Waals surface area contributed by atoms with E-state index in [0.717, 1.165) is 38.1 Å². The molecule has 4 nitrogen and oxygen atoms in total. The van der Waals surface area contributed by atoms with Crippen molar-refractivity contribution < 1.29 is 14.3 Å². The number of hydrogen-bond acceptors (Lipinski definition) is 4. The number of phenolic OH excluding ortho intramolecular Hbond substituents is 1. The molecule has 1 aromatic heterocycles. The first-order valence-corrected chi connectivity index (χ1v) is 9.54. The Morgan fingerprint density at radius 3 is 3.08 bits per heavy atom. The predicted octanol–water partition coefficient (Wildman–Crippen LogP) is 3.61. The van der Waals surface area contributed by atoms with Gasteiger partial charge in [-0.3, -0.25) is 4.90 Å². The molecule has 25 heavy (non-hydrogen) atoms. The Morgan fingerprint density at radius 1 is 1.24 bits per heavy atom. The van der Waals surface area contributed by atoms with Crippen LogP contribution in [0.25, 0.3) is 0 Å². The van der Waals surface area contributed by atoms with E-state index in [2.05, 4.69) is 17.0 Å². The highest BCUT2D eigenvalue weighted by Gasteiger charge is 2.63. The maximum absolute atomic E-state index is 10.4. The van der Waals surface area contributed by atoms with E-state index in [-0.39, 0.29) is 11.5 Å². The number of likely N-dealkylation sites (tertiary alicyclic amines) is 1. The van der Waals surface area contributed by atoms with Gasteiger partial charge in [0.2, 0.25) is 0 Å². The standard InChI is InChI=1S/C21H23NO3/c23-17-5-4-14-10-16-15-2-1-3-18-21(15,19(14)20(17)25-18)7-8-22(16)11-13-6-9-24-12-13/h4-6,9,12,15-16,18,23H,1-3,7-8,10-11H2/t15-,16+,18-,21+/m0/s1. The summed E-state index contributed by atoms with van der Waals surface area (Å²) in [6.07, 6.45) is 9.75. The Labute approximate surface area is 147 Å². The third-order valence-corrected chi connectivity index (χ3v) is 7.31. The molecule has 1 spiro atoms. The molecule has 2 aliphatic carbocycles. The van der Waals surface area contributed by atoms with Crippen LogP contribution in [0.15, 0.2) is 35.1 Å². The summed E-state index contributed by atoms with van der Waals surface area (Å²) < 4.78 is 11.7. The Morgan fingerprint density at radius 2 is 2.20 bits per heavy atom. The van der Waals surface area contributed by atoms with Crippen molar-refractivity contribution in [2.45, 2.75) is 56.2 Å². The number of hydrogen-bond donors (Lipinski definition) is 1. The molecule has 1 saturated carbocycles. The van der Waals surface area contributed by atoms with Gasteiger partial charge in [0.1, 0.15) is 6.10 Å². The first-order valence-electron chi connectivity index (χ1n) is 9.54. The maximum atomic E-state index is 10.4. The second kappa shape index (κ2) is 4.82. The molecule has 4 aliphatic rings. The van der Waals surface area contributed by atoms with E-state index in [1.165, 1.54) is 29.5 Å². The summed E-state index contributed by atoms with van der Waals surface area (Å²) in [4.78, 5) is 2.66. The lowest BCUT2D eigenvalue weighted by Crippen LogP contribution is -2.63. The summed E-state index contributed by atoms with van der Waals surface area (Å²) in [6, 6.07) is 6.62. The van der Waals surface area contributed by atoms with E-state index in [1.54, 1.807) is 6.26 Å². The number of ether oxygens (including phenoxy) is 1. The minimum Gasteiger partial charge on any atom is -0.504 e. The summed E-state index contributed by atoms with van der Waals surface area (Å²) in [6.45, 7) is 2.07. The van der Waals surface area contributed by atoms with Crippen molar-refractivity contribution >= 4 is 0 Å². The second-order valence-corrected chi connectivity index (χ2v) is 8.26. The summed E-state index contributed by atoms with van der Waals surface area (Å²) in [5.74, 6) is 1.78. The van der Waals surface area contributed by atoms with Crippen LogP contribution < -0.4 is 4.74 Å². The van der Waals surface area contributed by atoms with E-state index in [9.17, 15) is 5.11 Å². The molecule has 2 bridgehead atoms. The molecular weight excluding hydrogens is 314 g/mol. The third-order valence-electron chi connectivity index (χ3n) is 7.31. The first kappa shape index (κ1) is 14.3. The maximum Gasteiger partial charge on any atom is 0.165 e. The molecule has 6 rings (SSSR count). The smallest absolute Gasteiger partial charge is 0.165 e. The van der Waals surface area contributed by atoms with Gasteiger partial charge in [0.05, 0.1) is 12.5 Å². The van der Waals surface area contributed by atoms with Crippen molar-refractivity contribution in [1.82, 2.24) is 4.90 Å². The summed E-state index contributed by atoms with van der Waals surface area (Å²) >= 11 is 0. The molecular formula is C21H23NO3. The number of furan rings is 1. The molecule has 1 saturated heterocycles. The van der Waals surface area contributed by atoms with Crippen LogP contribution in [0.3, 0.4) is 0 Å². The Kier molecular flexibility index (Phi) is 2.75. The molecule has 4 atom stereocenters. The lowest BCUT2D eigenvalue weighted by molar-refractivity contribution is -0.0547. The zero-order chi connectivity index (χ0) is 16.6. The molecule has 3 heterocycles. The van der Waals surface area contributed by atoms with Gasteiger partial charge in [-0.15, -0.1) is 0 Å². The van der Waals surface area contributed by atoms with Gasteiger partial charge in [0, 0.05) is 29.1 Å². The highest BCUT2D eigenvalue weighted by molar-refractivity contribution is 5.60. The van der Waals surface area contributed by atoms with Gasteiger partial charge in [0.25, 0.3) is 0 Å².